The van der Waals surface area contributed by atoms with Gasteiger partial charge in [-0.3, -0.25) is 4.90 Å². The van der Waals surface area contributed by atoms with Gasteiger partial charge in [-0.05, 0) is 36.6 Å². The summed E-state index contributed by atoms with van der Waals surface area (Å²) in [6.45, 7) is 0. The second-order valence-corrected chi connectivity index (χ2v) is 6.78. The molecule has 1 spiro atoms. The Kier molecular flexibility index (Phi) is 3.58. The number of nitriles is 2. The van der Waals surface area contributed by atoms with E-state index in [1.165, 1.54) is 12.0 Å². The fourth-order valence-corrected chi connectivity index (χ4v) is 4.44. The Labute approximate surface area is 147 Å². The zero-order valence-electron chi connectivity index (χ0n) is 14.2. The maximum atomic E-state index is 9.38. The number of nitrogens with zero attached hydrogens (tertiary/aromatic N) is 5. The lowest BCUT2D eigenvalue weighted by Gasteiger charge is -2.35. The Balaban J connectivity index is 1.98. The highest BCUT2D eigenvalue weighted by molar-refractivity contribution is 6.16. The summed E-state index contributed by atoms with van der Waals surface area (Å²) in [5, 5.41) is 18.7. The fourth-order valence-electron chi connectivity index (χ4n) is 4.44. The zero-order valence-corrected chi connectivity index (χ0v) is 14.2. The van der Waals surface area contributed by atoms with Crippen molar-refractivity contribution in [3.05, 3.63) is 47.7 Å². The first kappa shape index (κ1) is 15.5. The van der Waals surface area contributed by atoms with E-state index < -0.39 is 0 Å². The van der Waals surface area contributed by atoms with E-state index >= 15 is 0 Å². The van der Waals surface area contributed by atoms with Crippen molar-refractivity contribution in [3.8, 4) is 12.3 Å². The van der Waals surface area contributed by atoms with Crippen molar-refractivity contribution in [2.75, 3.05) is 4.90 Å². The predicted octanol–water partition coefficient (Wildman–Crippen LogP) is 4.13. The van der Waals surface area contributed by atoms with Gasteiger partial charge in [-0.1, -0.05) is 37.5 Å². The molecule has 1 aliphatic carbocycles. The van der Waals surface area contributed by atoms with Gasteiger partial charge in [0.2, 0.25) is 6.19 Å². The second kappa shape index (κ2) is 5.79. The quantitative estimate of drug-likeness (QED) is 0.739. The highest BCUT2D eigenvalue weighted by Crippen LogP contribution is 2.52. The average molecular weight is 329 g/mol. The number of hydrogen-bond donors (Lipinski definition) is 0. The number of aromatic nitrogens is 1. The van der Waals surface area contributed by atoms with E-state index in [-0.39, 0.29) is 5.41 Å². The molecule has 0 N–H and O–H groups in total. The van der Waals surface area contributed by atoms with E-state index in [9.17, 15) is 10.5 Å². The van der Waals surface area contributed by atoms with E-state index in [4.69, 9.17) is 0 Å². The van der Waals surface area contributed by atoms with E-state index in [0.717, 1.165) is 43.0 Å². The number of anilines is 2. The molecule has 2 aliphatic rings. The van der Waals surface area contributed by atoms with Crippen LogP contribution in [0.15, 0.2) is 41.4 Å². The molecule has 1 fully saturated rings. The van der Waals surface area contributed by atoms with Crippen molar-refractivity contribution in [3.63, 3.8) is 0 Å². The predicted molar refractivity (Wildman–Crippen MR) is 96.5 cm³/mol. The minimum absolute atomic E-state index is 0.193. The topological polar surface area (TPSA) is 68.1 Å². The monoisotopic (exact) mass is 329 g/mol. The number of hydrogen-bond acceptors (Lipinski definition) is 3. The molecule has 1 aliphatic heterocycles. The molecule has 0 bridgehead atoms. The number of fused-ring (bicyclic) bond motifs is 2. The van der Waals surface area contributed by atoms with Crippen molar-refractivity contribution >= 4 is 17.3 Å². The molecule has 1 aromatic heterocycles. The van der Waals surface area contributed by atoms with E-state index in [1.54, 1.807) is 0 Å². The van der Waals surface area contributed by atoms with Crippen molar-refractivity contribution in [1.82, 2.24) is 4.57 Å². The van der Waals surface area contributed by atoms with E-state index in [1.807, 2.05) is 36.0 Å². The van der Waals surface area contributed by atoms with Crippen molar-refractivity contribution in [2.24, 2.45) is 12.0 Å². The van der Waals surface area contributed by atoms with Gasteiger partial charge in [-0.2, -0.15) is 15.5 Å². The van der Waals surface area contributed by atoms with Gasteiger partial charge in [0, 0.05) is 7.05 Å². The van der Waals surface area contributed by atoms with Crippen LogP contribution in [0.4, 0.5) is 11.5 Å². The molecule has 0 radical (unpaired) electrons. The van der Waals surface area contributed by atoms with Crippen LogP contribution in [-0.2, 0) is 12.5 Å². The zero-order chi connectivity index (χ0) is 17.4. The molecule has 0 unspecified atom stereocenters. The summed E-state index contributed by atoms with van der Waals surface area (Å²) in [5.74, 6) is 1.68. The summed E-state index contributed by atoms with van der Waals surface area (Å²) < 4.78 is 1.87. The van der Waals surface area contributed by atoms with Crippen LogP contribution in [0.2, 0.25) is 0 Å². The first-order chi connectivity index (χ1) is 12.2. The largest absolute Gasteiger partial charge is 0.322 e. The number of para-hydroxylation sites is 1. The van der Waals surface area contributed by atoms with Crippen LogP contribution in [0.5, 0.6) is 0 Å². The van der Waals surface area contributed by atoms with Crippen molar-refractivity contribution in [2.45, 2.75) is 37.5 Å². The van der Waals surface area contributed by atoms with Crippen LogP contribution < -0.4 is 4.90 Å². The maximum Gasteiger partial charge on any atom is 0.207 e. The molecule has 5 nitrogen and oxygen atoms in total. The molecule has 25 heavy (non-hydrogen) atoms. The Morgan fingerprint density at radius 2 is 1.80 bits per heavy atom. The average Bonchev–Trinajstić information content (AvgIpc) is 3.13. The van der Waals surface area contributed by atoms with Gasteiger partial charge in [-0.25, -0.2) is 0 Å². The molecular weight excluding hydrogens is 310 g/mol. The Morgan fingerprint density at radius 1 is 1.04 bits per heavy atom. The number of amidine groups is 1. The summed E-state index contributed by atoms with van der Waals surface area (Å²) in [7, 11) is 1.88. The summed E-state index contributed by atoms with van der Waals surface area (Å²) in [4.78, 5) is 6.38. The standard InChI is InChI=1S/C20H19N5/c1-24-15(13-21)9-10-18(24)25-17-8-4-3-7-16(17)20(19(25)23-14-22)11-5-2-6-12-20/h3-4,7-10H,2,5-6,11-12H2,1H3/b23-19-. The van der Waals surface area contributed by atoms with Crippen LogP contribution in [0.25, 0.3) is 0 Å². The van der Waals surface area contributed by atoms with Crippen molar-refractivity contribution < 1.29 is 0 Å². The van der Waals surface area contributed by atoms with Gasteiger partial charge in [0.1, 0.15) is 23.4 Å². The first-order valence-corrected chi connectivity index (χ1v) is 8.65. The molecule has 0 atom stereocenters. The highest BCUT2D eigenvalue weighted by atomic mass is 15.3. The molecule has 1 aromatic carbocycles. The number of aliphatic imine (C=N–C) groups is 1. The van der Waals surface area contributed by atoms with E-state index in [0.29, 0.717) is 5.69 Å². The minimum atomic E-state index is -0.193. The highest BCUT2D eigenvalue weighted by Gasteiger charge is 2.50. The molecule has 2 aromatic rings. The van der Waals surface area contributed by atoms with Crippen LogP contribution in [0.1, 0.15) is 43.4 Å². The third kappa shape index (κ3) is 2.09. The molecule has 0 amide bonds. The third-order valence-corrected chi connectivity index (χ3v) is 5.60. The van der Waals surface area contributed by atoms with Crippen LogP contribution in [-0.4, -0.2) is 10.4 Å². The Bertz CT molecular complexity index is 932. The Morgan fingerprint density at radius 3 is 2.48 bits per heavy atom. The van der Waals surface area contributed by atoms with Crippen molar-refractivity contribution in [1.29, 1.82) is 10.5 Å². The summed E-state index contributed by atoms with van der Waals surface area (Å²) >= 11 is 0. The maximum absolute atomic E-state index is 9.38. The lowest BCUT2D eigenvalue weighted by atomic mass is 9.70. The van der Waals surface area contributed by atoms with Gasteiger partial charge in [0.15, 0.2) is 0 Å². The number of benzene rings is 1. The first-order valence-electron chi connectivity index (χ1n) is 8.65. The van der Waals surface area contributed by atoms with Gasteiger partial charge in [0.05, 0.1) is 11.1 Å². The fraction of sp³-hybridized carbons (Fsp3) is 0.350. The smallest absolute Gasteiger partial charge is 0.207 e. The molecule has 2 heterocycles. The van der Waals surface area contributed by atoms with E-state index in [2.05, 4.69) is 34.2 Å². The molecular formula is C20H19N5. The van der Waals surface area contributed by atoms with Gasteiger partial charge in [0.25, 0.3) is 0 Å². The van der Waals surface area contributed by atoms with Crippen LogP contribution in [0.3, 0.4) is 0 Å². The molecule has 0 saturated heterocycles. The molecule has 124 valence electrons. The number of rotatable bonds is 1. The summed E-state index contributed by atoms with van der Waals surface area (Å²) in [6, 6.07) is 14.3. The molecule has 1 saturated carbocycles. The minimum Gasteiger partial charge on any atom is -0.322 e. The summed E-state index contributed by atoms with van der Waals surface area (Å²) in [6.07, 6.45) is 7.56. The normalized spacial score (nSPS) is 19.6. The van der Waals surface area contributed by atoms with Gasteiger partial charge < -0.3 is 4.57 Å². The van der Waals surface area contributed by atoms with Gasteiger partial charge >= 0.3 is 0 Å². The summed E-state index contributed by atoms with van der Waals surface area (Å²) in [5.41, 5.74) is 2.72. The lowest BCUT2D eigenvalue weighted by molar-refractivity contribution is 0.385. The second-order valence-electron chi connectivity index (χ2n) is 6.78. The Hall–Kier alpha value is -3.05. The van der Waals surface area contributed by atoms with Crippen LogP contribution >= 0.6 is 0 Å². The molecule has 4 rings (SSSR count). The SMILES string of the molecule is Cn1c(C#N)ccc1N1/C(=N\C#N)C2(CCCCC2)c2ccccc21. The van der Waals surface area contributed by atoms with Gasteiger partial charge in [-0.15, -0.1) is 0 Å². The third-order valence-electron chi connectivity index (χ3n) is 5.60. The van der Waals surface area contributed by atoms with Crippen LogP contribution in [0, 0.1) is 22.8 Å². The lowest BCUT2D eigenvalue weighted by Crippen LogP contribution is -2.40. The molecule has 5 heteroatoms.